The van der Waals surface area contributed by atoms with Crippen molar-refractivity contribution in [1.29, 1.82) is 0 Å². The third-order valence-corrected chi connectivity index (χ3v) is 2.64. The normalized spacial score (nSPS) is 24.4. The fourth-order valence-electron chi connectivity index (χ4n) is 1.64. The molecule has 2 N–H and O–H groups in total. The van der Waals surface area contributed by atoms with Gasteiger partial charge in [0.15, 0.2) is 6.10 Å². The van der Waals surface area contributed by atoms with E-state index in [9.17, 15) is 9.59 Å². The number of hydrogen-bond donors (Lipinski definition) is 2. The van der Waals surface area contributed by atoms with E-state index in [0.717, 1.165) is 0 Å². The van der Waals surface area contributed by atoms with E-state index < -0.39 is 18.2 Å². The first-order valence-electron chi connectivity index (χ1n) is 5.34. The van der Waals surface area contributed by atoms with Gasteiger partial charge in [-0.3, -0.25) is 4.79 Å². The zero-order valence-electron chi connectivity index (χ0n) is 9.60. The molecule has 0 aromatic heterocycles. The minimum Gasteiger partial charge on any atom is -0.479 e. The Bertz CT molecular complexity index is 270. The molecule has 16 heavy (non-hydrogen) atoms. The lowest BCUT2D eigenvalue weighted by atomic mass is 10.2. The van der Waals surface area contributed by atoms with Crippen molar-refractivity contribution >= 4 is 11.9 Å². The van der Waals surface area contributed by atoms with Crippen LogP contribution in [0.4, 0.5) is 0 Å². The molecule has 1 saturated heterocycles. The zero-order chi connectivity index (χ0) is 12.1. The molecule has 0 aliphatic carbocycles. The van der Waals surface area contributed by atoms with Crippen molar-refractivity contribution in [3.63, 3.8) is 0 Å². The third-order valence-electron chi connectivity index (χ3n) is 2.64. The lowest BCUT2D eigenvalue weighted by Gasteiger charge is -2.20. The lowest BCUT2D eigenvalue weighted by Crippen LogP contribution is -2.40. The number of aliphatic carboxylic acids is 1. The molecule has 1 heterocycles. The Morgan fingerprint density at radius 2 is 2.06 bits per heavy atom. The monoisotopic (exact) mass is 230 g/mol. The molecular weight excluding hydrogens is 212 g/mol. The van der Waals surface area contributed by atoms with E-state index in [2.05, 4.69) is 5.32 Å². The van der Waals surface area contributed by atoms with Crippen molar-refractivity contribution in [2.45, 2.75) is 25.0 Å². The van der Waals surface area contributed by atoms with Gasteiger partial charge in [0, 0.05) is 20.1 Å². The van der Waals surface area contributed by atoms with Crippen molar-refractivity contribution in [2.24, 2.45) is 0 Å². The summed E-state index contributed by atoms with van der Waals surface area (Å²) in [5, 5.41) is 11.7. The van der Waals surface area contributed by atoms with E-state index >= 15 is 0 Å². The molecule has 1 aliphatic rings. The number of carboxylic acids is 1. The predicted octanol–water partition coefficient (Wildman–Crippen LogP) is -0.704. The molecular formula is C10H18N2O4. The second kappa shape index (κ2) is 5.81. The van der Waals surface area contributed by atoms with E-state index in [1.54, 1.807) is 11.9 Å². The topological polar surface area (TPSA) is 78.9 Å². The molecule has 1 rings (SSSR count). The maximum atomic E-state index is 11.8. The van der Waals surface area contributed by atoms with Gasteiger partial charge >= 0.3 is 5.97 Å². The number of carbonyl (C=O) groups is 2. The van der Waals surface area contributed by atoms with Crippen LogP contribution in [0.25, 0.3) is 0 Å². The Morgan fingerprint density at radius 1 is 1.44 bits per heavy atom. The fraction of sp³-hybridized carbons (Fsp3) is 0.800. The molecule has 0 spiro atoms. The van der Waals surface area contributed by atoms with Crippen LogP contribution in [0.5, 0.6) is 0 Å². The van der Waals surface area contributed by atoms with Crippen molar-refractivity contribution in [3.8, 4) is 0 Å². The van der Waals surface area contributed by atoms with Crippen LogP contribution < -0.4 is 5.32 Å². The number of likely N-dealkylation sites (N-methyl/N-ethyl adjacent to an activating group) is 2. The second-order valence-corrected chi connectivity index (χ2v) is 3.89. The number of rotatable bonds is 5. The highest BCUT2D eigenvalue weighted by molar-refractivity contribution is 5.82. The first-order valence-corrected chi connectivity index (χ1v) is 5.34. The average Bonchev–Trinajstić information content (AvgIpc) is 2.74. The van der Waals surface area contributed by atoms with Crippen molar-refractivity contribution in [2.75, 3.05) is 27.2 Å². The molecule has 1 amide bonds. The number of nitrogens with zero attached hydrogens (tertiary/aromatic N) is 1. The SMILES string of the molecule is CNCCN(C)C(=O)C1CCC(C(=O)O)O1. The van der Waals surface area contributed by atoms with E-state index in [1.807, 2.05) is 7.05 Å². The Balaban J connectivity index is 2.41. The standard InChI is InChI=1S/C10H18N2O4/c1-11-5-6-12(2)9(13)7-3-4-8(16-7)10(14)15/h7-8,11H,3-6H2,1-2H3,(H,14,15). The molecule has 2 atom stereocenters. The summed E-state index contributed by atoms with van der Waals surface area (Å²) in [6.07, 6.45) is -0.528. The molecule has 0 saturated carbocycles. The van der Waals surface area contributed by atoms with E-state index in [4.69, 9.17) is 9.84 Å². The van der Waals surface area contributed by atoms with Crippen LogP contribution >= 0.6 is 0 Å². The Hall–Kier alpha value is -1.14. The maximum Gasteiger partial charge on any atom is 0.332 e. The molecule has 1 fully saturated rings. The van der Waals surface area contributed by atoms with Gasteiger partial charge in [-0.05, 0) is 19.9 Å². The lowest BCUT2D eigenvalue weighted by molar-refractivity contribution is -0.154. The van der Waals surface area contributed by atoms with Crippen LogP contribution in [0.15, 0.2) is 0 Å². The predicted molar refractivity (Wildman–Crippen MR) is 57.1 cm³/mol. The summed E-state index contributed by atoms with van der Waals surface area (Å²) < 4.78 is 5.17. The van der Waals surface area contributed by atoms with Gasteiger partial charge in [0.25, 0.3) is 5.91 Å². The molecule has 0 aromatic carbocycles. The van der Waals surface area contributed by atoms with Crippen LogP contribution in [0.1, 0.15) is 12.8 Å². The number of ether oxygens (including phenoxy) is 1. The first kappa shape index (κ1) is 12.9. The average molecular weight is 230 g/mol. The van der Waals surface area contributed by atoms with Gasteiger partial charge in [-0.15, -0.1) is 0 Å². The van der Waals surface area contributed by atoms with Gasteiger partial charge in [-0.1, -0.05) is 0 Å². The summed E-state index contributed by atoms with van der Waals surface area (Å²) >= 11 is 0. The van der Waals surface area contributed by atoms with Gasteiger partial charge in [0.1, 0.15) is 6.10 Å². The third kappa shape index (κ3) is 3.18. The number of carbonyl (C=O) groups excluding carboxylic acids is 1. The second-order valence-electron chi connectivity index (χ2n) is 3.89. The Labute approximate surface area is 94.6 Å². The minimum absolute atomic E-state index is 0.140. The number of carboxylic acid groups (broad SMARTS) is 1. The number of hydrogen-bond acceptors (Lipinski definition) is 4. The minimum atomic E-state index is -0.992. The highest BCUT2D eigenvalue weighted by Gasteiger charge is 2.35. The van der Waals surface area contributed by atoms with Crippen molar-refractivity contribution in [3.05, 3.63) is 0 Å². The van der Waals surface area contributed by atoms with Gasteiger partial charge in [0.2, 0.25) is 0 Å². The molecule has 6 nitrogen and oxygen atoms in total. The first-order chi connectivity index (χ1) is 7.56. The molecule has 92 valence electrons. The summed E-state index contributed by atoms with van der Waals surface area (Å²) in [7, 11) is 3.50. The highest BCUT2D eigenvalue weighted by atomic mass is 16.5. The van der Waals surface area contributed by atoms with E-state index in [-0.39, 0.29) is 5.91 Å². The van der Waals surface area contributed by atoms with Gasteiger partial charge in [-0.2, -0.15) is 0 Å². The quantitative estimate of drug-likeness (QED) is 0.652. The molecule has 2 unspecified atom stereocenters. The van der Waals surface area contributed by atoms with Gasteiger partial charge in [-0.25, -0.2) is 4.79 Å². The van der Waals surface area contributed by atoms with Crippen LogP contribution in [0.2, 0.25) is 0 Å². The van der Waals surface area contributed by atoms with Gasteiger partial charge in [0.05, 0.1) is 0 Å². The van der Waals surface area contributed by atoms with E-state index in [0.29, 0.717) is 25.9 Å². The fourth-order valence-corrected chi connectivity index (χ4v) is 1.64. The molecule has 1 aliphatic heterocycles. The smallest absolute Gasteiger partial charge is 0.332 e. The molecule has 0 aromatic rings. The molecule has 0 radical (unpaired) electrons. The highest BCUT2D eigenvalue weighted by Crippen LogP contribution is 2.21. The zero-order valence-corrected chi connectivity index (χ0v) is 9.60. The van der Waals surface area contributed by atoms with Crippen LogP contribution in [0, 0.1) is 0 Å². The van der Waals surface area contributed by atoms with Gasteiger partial charge < -0.3 is 20.1 Å². The van der Waals surface area contributed by atoms with Crippen molar-refractivity contribution in [1.82, 2.24) is 10.2 Å². The van der Waals surface area contributed by atoms with Crippen LogP contribution in [-0.2, 0) is 14.3 Å². The van der Waals surface area contributed by atoms with E-state index in [1.165, 1.54) is 0 Å². The summed E-state index contributed by atoms with van der Waals surface area (Å²) in [4.78, 5) is 24.0. The summed E-state index contributed by atoms with van der Waals surface area (Å²) in [5.74, 6) is -1.13. The molecule has 6 heteroatoms. The summed E-state index contributed by atoms with van der Waals surface area (Å²) in [6.45, 7) is 1.30. The Morgan fingerprint density at radius 3 is 2.56 bits per heavy atom. The Kier molecular flexibility index (Phi) is 4.70. The number of nitrogens with one attached hydrogen (secondary N) is 1. The van der Waals surface area contributed by atoms with Crippen LogP contribution in [-0.4, -0.2) is 61.3 Å². The van der Waals surface area contributed by atoms with Crippen molar-refractivity contribution < 1.29 is 19.4 Å². The maximum absolute atomic E-state index is 11.8. The largest absolute Gasteiger partial charge is 0.479 e. The summed E-state index contributed by atoms with van der Waals surface area (Å²) in [5.41, 5.74) is 0. The van der Waals surface area contributed by atoms with Crippen LogP contribution in [0.3, 0.4) is 0 Å². The molecule has 0 bridgehead atoms. The number of amides is 1. The summed E-state index contributed by atoms with van der Waals surface area (Å²) in [6, 6.07) is 0.